The van der Waals surface area contributed by atoms with Crippen LogP contribution in [-0.2, 0) is 13.1 Å². The molecule has 1 N–H and O–H groups in total. The molecule has 1 aliphatic carbocycles. The highest BCUT2D eigenvalue weighted by Crippen LogP contribution is 2.30. The molecule has 0 atom stereocenters. The van der Waals surface area contributed by atoms with Crippen LogP contribution in [0.2, 0.25) is 0 Å². The van der Waals surface area contributed by atoms with Crippen LogP contribution in [-0.4, -0.2) is 30.2 Å². The molecule has 4 nitrogen and oxygen atoms in total. The number of rotatable bonds is 7. The van der Waals surface area contributed by atoms with Crippen LogP contribution in [0, 0.1) is 18.3 Å². The summed E-state index contributed by atoms with van der Waals surface area (Å²) in [6, 6.07) is 1.99. The lowest BCUT2D eigenvalue weighted by Gasteiger charge is -2.17. The lowest BCUT2D eigenvalue weighted by atomic mass is 10.3. The largest absolute Gasteiger partial charge is 0.360 e. The first kappa shape index (κ1) is 12.2. The molecule has 1 aromatic heterocycles. The Labute approximate surface area is 102 Å². The molecule has 1 saturated carbocycles. The summed E-state index contributed by atoms with van der Waals surface area (Å²) in [6.07, 6.45) is 8.06. The van der Waals surface area contributed by atoms with Gasteiger partial charge in [0.25, 0.3) is 0 Å². The first-order valence-corrected chi connectivity index (χ1v) is 6.06. The van der Waals surface area contributed by atoms with Gasteiger partial charge in [0, 0.05) is 19.2 Å². The molecule has 0 aromatic carbocycles. The summed E-state index contributed by atoms with van der Waals surface area (Å²) in [5.41, 5.74) is 0.939. The summed E-state index contributed by atoms with van der Waals surface area (Å²) in [5.74, 6) is 4.44. The Hall–Kier alpha value is -1.31. The minimum Gasteiger partial charge on any atom is -0.360 e. The van der Waals surface area contributed by atoms with Crippen molar-refractivity contribution in [2.24, 2.45) is 5.92 Å². The fourth-order valence-electron chi connectivity index (χ4n) is 1.89. The van der Waals surface area contributed by atoms with Gasteiger partial charge in [-0.25, -0.2) is 0 Å². The van der Waals surface area contributed by atoms with E-state index in [1.54, 1.807) is 0 Å². The maximum Gasteiger partial charge on any atom is 0.151 e. The van der Waals surface area contributed by atoms with Crippen molar-refractivity contribution in [3.05, 3.63) is 17.5 Å². The number of hydrogen-bond acceptors (Lipinski definition) is 4. The molecule has 4 heteroatoms. The van der Waals surface area contributed by atoms with Crippen LogP contribution in [0.1, 0.15) is 24.3 Å². The SMILES string of the molecule is C#CCN(Cc1cc(CNC)no1)CC1CC1. The molecule has 2 rings (SSSR count). The van der Waals surface area contributed by atoms with Crippen LogP contribution >= 0.6 is 0 Å². The van der Waals surface area contributed by atoms with E-state index in [-0.39, 0.29) is 0 Å². The average Bonchev–Trinajstić information content (AvgIpc) is 3.00. The first-order valence-electron chi connectivity index (χ1n) is 6.06. The summed E-state index contributed by atoms with van der Waals surface area (Å²) in [5, 5.41) is 7.05. The number of terminal acetylenes is 1. The highest BCUT2D eigenvalue weighted by atomic mass is 16.5. The Balaban J connectivity index is 1.88. The normalized spacial score (nSPS) is 15.1. The Morgan fingerprint density at radius 2 is 2.47 bits per heavy atom. The third-order valence-electron chi connectivity index (χ3n) is 2.87. The van der Waals surface area contributed by atoms with Gasteiger partial charge in [0.15, 0.2) is 5.76 Å². The predicted molar refractivity (Wildman–Crippen MR) is 66.1 cm³/mol. The summed E-state index contributed by atoms with van der Waals surface area (Å²) < 4.78 is 5.30. The number of hydrogen-bond donors (Lipinski definition) is 1. The second-order valence-corrected chi connectivity index (χ2v) is 4.63. The van der Waals surface area contributed by atoms with Crippen LogP contribution in [0.5, 0.6) is 0 Å². The Kier molecular flexibility index (Phi) is 4.18. The van der Waals surface area contributed by atoms with Gasteiger partial charge in [-0.05, 0) is 25.8 Å². The molecule has 1 aromatic rings. The topological polar surface area (TPSA) is 41.3 Å². The second-order valence-electron chi connectivity index (χ2n) is 4.63. The zero-order valence-corrected chi connectivity index (χ0v) is 10.3. The molecule has 1 fully saturated rings. The zero-order chi connectivity index (χ0) is 12.1. The van der Waals surface area contributed by atoms with Gasteiger partial charge in [0.05, 0.1) is 18.8 Å². The summed E-state index contributed by atoms with van der Waals surface area (Å²) in [7, 11) is 1.89. The van der Waals surface area contributed by atoms with Crippen LogP contribution in [0.3, 0.4) is 0 Å². The molecule has 0 aliphatic heterocycles. The van der Waals surface area contributed by atoms with E-state index in [1.807, 2.05) is 13.1 Å². The van der Waals surface area contributed by atoms with Gasteiger partial charge in [-0.3, -0.25) is 4.90 Å². The van der Waals surface area contributed by atoms with Crippen molar-refractivity contribution in [1.29, 1.82) is 0 Å². The molecule has 92 valence electrons. The molecular formula is C13H19N3O. The fraction of sp³-hybridized carbons (Fsp3) is 0.615. The first-order chi connectivity index (χ1) is 8.31. The standard InChI is InChI=1S/C13H19N3O/c1-3-6-16(9-11-4-5-11)10-13-7-12(8-14-2)15-17-13/h1,7,11,14H,4-6,8-10H2,2H3. The van der Waals surface area contributed by atoms with Crippen LogP contribution in [0.4, 0.5) is 0 Å². The fourth-order valence-corrected chi connectivity index (χ4v) is 1.89. The quantitative estimate of drug-likeness (QED) is 0.719. The van der Waals surface area contributed by atoms with E-state index in [2.05, 4.69) is 21.3 Å². The lowest BCUT2D eigenvalue weighted by molar-refractivity contribution is 0.245. The zero-order valence-electron chi connectivity index (χ0n) is 10.3. The third-order valence-corrected chi connectivity index (χ3v) is 2.87. The van der Waals surface area contributed by atoms with Gasteiger partial charge >= 0.3 is 0 Å². The average molecular weight is 233 g/mol. The van der Waals surface area contributed by atoms with E-state index in [0.29, 0.717) is 6.54 Å². The minimum atomic E-state index is 0.679. The maximum atomic E-state index is 5.38. The summed E-state index contributed by atoms with van der Waals surface area (Å²) in [6.45, 7) is 3.25. The van der Waals surface area contributed by atoms with Gasteiger partial charge in [0.1, 0.15) is 0 Å². The van der Waals surface area contributed by atoms with E-state index in [4.69, 9.17) is 10.9 Å². The van der Waals surface area contributed by atoms with Gasteiger partial charge in [-0.2, -0.15) is 0 Å². The minimum absolute atomic E-state index is 0.679. The molecule has 1 heterocycles. The third kappa shape index (κ3) is 3.88. The van der Waals surface area contributed by atoms with Crippen molar-refractivity contribution in [3.8, 4) is 12.3 Å². The van der Waals surface area contributed by atoms with E-state index in [9.17, 15) is 0 Å². The molecular weight excluding hydrogens is 214 g/mol. The van der Waals surface area contributed by atoms with Crippen LogP contribution in [0.25, 0.3) is 0 Å². The number of nitrogens with one attached hydrogen (secondary N) is 1. The number of aromatic nitrogens is 1. The predicted octanol–water partition coefficient (Wildman–Crippen LogP) is 1.24. The second kappa shape index (κ2) is 5.85. The summed E-state index contributed by atoms with van der Waals surface area (Å²) in [4.78, 5) is 2.25. The molecule has 0 spiro atoms. The molecule has 1 aliphatic rings. The monoisotopic (exact) mass is 233 g/mol. The van der Waals surface area contributed by atoms with E-state index in [1.165, 1.54) is 12.8 Å². The Morgan fingerprint density at radius 1 is 1.65 bits per heavy atom. The van der Waals surface area contributed by atoms with Crippen molar-refractivity contribution < 1.29 is 4.52 Å². The van der Waals surface area contributed by atoms with Crippen molar-refractivity contribution >= 4 is 0 Å². The van der Waals surface area contributed by atoms with Gasteiger partial charge in [-0.15, -0.1) is 6.42 Å². The van der Waals surface area contributed by atoms with E-state index >= 15 is 0 Å². The Morgan fingerprint density at radius 3 is 3.12 bits per heavy atom. The molecule has 0 amide bonds. The molecule has 17 heavy (non-hydrogen) atoms. The highest BCUT2D eigenvalue weighted by molar-refractivity contribution is 5.05. The Bertz CT molecular complexity index is 390. The van der Waals surface area contributed by atoms with Gasteiger partial charge in [-0.1, -0.05) is 11.1 Å². The van der Waals surface area contributed by atoms with Gasteiger partial charge in [0.2, 0.25) is 0 Å². The van der Waals surface area contributed by atoms with Crippen LogP contribution in [0.15, 0.2) is 10.6 Å². The van der Waals surface area contributed by atoms with Crippen molar-refractivity contribution in [3.63, 3.8) is 0 Å². The number of nitrogens with zero attached hydrogens (tertiary/aromatic N) is 2. The van der Waals surface area contributed by atoms with E-state index in [0.717, 1.165) is 37.0 Å². The maximum absolute atomic E-state index is 5.38. The highest BCUT2D eigenvalue weighted by Gasteiger charge is 2.24. The molecule has 0 bridgehead atoms. The van der Waals surface area contributed by atoms with E-state index < -0.39 is 0 Å². The van der Waals surface area contributed by atoms with Crippen molar-refractivity contribution in [2.75, 3.05) is 20.1 Å². The smallest absolute Gasteiger partial charge is 0.151 e. The van der Waals surface area contributed by atoms with Crippen molar-refractivity contribution in [1.82, 2.24) is 15.4 Å². The molecule has 0 saturated heterocycles. The summed E-state index contributed by atoms with van der Waals surface area (Å²) >= 11 is 0. The van der Waals surface area contributed by atoms with Crippen LogP contribution < -0.4 is 5.32 Å². The van der Waals surface area contributed by atoms with Gasteiger partial charge < -0.3 is 9.84 Å². The van der Waals surface area contributed by atoms with Crippen molar-refractivity contribution in [2.45, 2.75) is 25.9 Å². The molecule has 0 unspecified atom stereocenters. The molecule has 0 radical (unpaired) electrons. The lowest BCUT2D eigenvalue weighted by Crippen LogP contribution is -2.25.